The van der Waals surface area contributed by atoms with Crippen molar-refractivity contribution < 1.29 is 26.4 Å². The third-order valence-corrected chi connectivity index (χ3v) is 8.74. The standard InChI is InChI=1S/C30H28F3N5O3S/c1-20-2-4-23(5-3-20)26-14-22(15-28(37-26)35-17-21-10-12-34-13-11-21)18-36-29(39)27-16-30(32,33)19-38(27)42(40,41)25-8-6-24(31)7-9-25/h2-15,27H,16-19H2,1H3,(H,35,37)(H,36,39)/t27-/m0/s1. The van der Waals surface area contributed by atoms with Crippen LogP contribution in [0.15, 0.2) is 90.1 Å². The van der Waals surface area contributed by atoms with Crippen molar-refractivity contribution in [3.8, 4) is 11.3 Å². The molecule has 1 amide bonds. The van der Waals surface area contributed by atoms with Gasteiger partial charge in [0.25, 0.3) is 5.92 Å². The highest BCUT2D eigenvalue weighted by Crippen LogP contribution is 2.36. The van der Waals surface area contributed by atoms with Gasteiger partial charge < -0.3 is 10.6 Å². The molecule has 1 fully saturated rings. The number of aromatic nitrogens is 2. The molecule has 0 bridgehead atoms. The fraction of sp³-hybridized carbons (Fsp3) is 0.233. The second-order valence-corrected chi connectivity index (χ2v) is 12.0. The van der Waals surface area contributed by atoms with Crippen molar-refractivity contribution >= 4 is 21.7 Å². The number of nitrogens with one attached hydrogen (secondary N) is 2. The Morgan fingerprint density at radius 3 is 2.36 bits per heavy atom. The van der Waals surface area contributed by atoms with Crippen LogP contribution >= 0.6 is 0 Å². The first-order valence-electron chi connectivity index (χ1n) is 13.1. The molecule has 0 saturated carbocycles. The van der Waals surface area contributed by atoms with Crippen LogP contribution in [0.1, 0.15) is 23.1 Å². The van der Waals surface area contributed by atoms with E-state index in [9.17, 15) is 26.4 Å². The molecule has 12 heteroatoms. The predicted molar refractivity (Wildman–Crippen MR) is 151 cm³/mol. The summed E-state index contributed by atoms with van der Waals surface area (Å²) in [5.74, 6) is -4.42. The number of rotatable bonds is 9. The number of hydrogen-bond donors (Lipinski definition) is 2. The molecular formula is C30H28F3N5O3S. The summed E-state index contributed by atoms with van der Waals surface area (Å²) < 4.78 is 69.1. The minimum absolute atomic E-state index is 0.0589. The van der Waals surface area contributed by atoms with Gasteiger partial charge in [0.2, 0.25) is 15.9 Å². The lowest BCUT2D eigenvalue weighted by atomic mass is 10.1. The number of nitrogens with zero attached hydrogens (tertiary/aromatic N) is 3. The molecule has 0 aliphatic carbocycles. The maximum Gasteiger partial charge on any atom is 0.263 e. The number of pyridine rings is 2. The highest BCUT2D eigenvalue weighted by atomic mass is 32.2. The summed E-state index contributed by atoms with van der Waals surface area (Å²) in [6.45, 7) is 1.22. The van der Waals surface area contributed by atoms with Crippen molar-refractivity contribution in [1.29, 1.82) is 0 Å². The lowest BCUT2D eigenvalue weighted by molar-refractivity contribution is -0.124. The first-order chi connectivity index (χ1) is 20.0. The second-order valence-electron chi connectivity index (χ2n) is 10.1. The summed E-state index contributed by atoms with van der Waals surface area (Å²) in [5.41, 5.74) is 4.15. The molecule has 5 rings (SSSR count). The Kier molecular flexibility index (Phi) is 8.28. The lowest BCUT2D eigenvalue weighted by Gasteiger charge is -2.23. The molecule has 8 nitrogen and oxygen atoms in total. The van der Waals surface area contributed by atoms with Crippen LogP contribution in [0.3, 0.4) is 0 Å². The maximum absolute atomic E-state index is 14.5. The molecule has 1 saturated heterocycles. The number of carbonyl (C=O) groups is 1. The highest BCUT2D eigenvalue weighted by Gasteiger charge is 2.52. The van der Waals surface area contributed by atoms with Crippen LogP contribution in [0, 0.1) is 12.7 Å². The molecule has 0 spiro atoms. The van der Waals surface area contributed by atoms with E-state index in [1.807, 2.05) is 43.3 Å². The Balaban J connectivity index is 1.37. The summed E-state index contributed by atoms with van der Waals surface area (Å²) in [6, 6.07) is 17.2. The number of aryl methyl sites for hydroxylation is 1. The van der Waals surface area contributed by atoms with Gasteiger partial charge >= 0.3 is 0 Å². The van der Waals surface area contributed by atoms with Crippen LogP contribution in [-0.2, 0) is 27.9 Å². The number of benzene rings is 2. The van der Waals surface area contributed by atoms with Gasteiger partial charge in [-0.2, -0.15) is 4.31 Å². The van der Waals surface area contributed by atoms with Crippen LogP contribution in [0.2, 0.25) is 0 Å². The topological polar surface area (TPSA) is 104 Å². The minimum Gasteiger partial charge on any atom is -0.366 e. The molecule has 1 aliphatic rings. The Hall–Kier alpha value is -4.29. The molecule has 4 aromatic rings. The van der Waals surface area contributed by atoms with Crippen LogP contribution in [0.4, 0.5) is 19.0 Å². The normalized spacial score (nSPS) is 16.7. The Morgan fingerprint density at radius 1 is 0.976 bits per heavy atom. The fourth-order valence-electron chi connectivity index (χ4n) is 4.66. The van der Waals surface area contributed by atoms with Crippen LogP contribution in [0.5, 0.6) is 0 Å². The second kappa shape index (κ2) is 11.9. The molecule has 42 heavy (non-hydrogen) atoms. The first-order valence-corrected chi connectivity index (χ1v) is 14.6. The third kappa shape index (κ3) is 6.77. The number of halogens is 3. The summed E-state index contributed by atoms with van der Waals surface area (Å²) in [6.07, 6.45) is 2.39. The van der Waals surface area contributed by atoms with Crippen molar-refractivity contribution in [2.24, 2.45) is 0 Å². The smallest absolute Gasteiger partial charge is 0.263 e. The van der Waals surface area contributed by atoms with E-state index in [4.69, 9.17) is 4.98 Å². The molecule has 0 unspecified atom stereocenters. The number of amides is 1. The Labute approximate surface area is 241 Å². The average molecular weight is 596 g/mol. The van der Waals surface area contributed by atoms with Crippen LogP contribution < -0.4 is 10.6 Å². The molecule has 0 radical (unpaired) electrons. The largest absolute Gasteiger partial charge is 0.366 e. The van der Waals surface area contributed by atoms with Gasteiger partial charge in [-0.1, -0.05) is 29.8 Å². The van der Waals surface area contributed by atoms with Crippen LogP contribution in [0.25, 0.3) is 11.3 Å². The third-order valence-electron chi connectivity index (χ3n) is 6.87. The summed E-state index contributed by atoms with van der Waals surface area (Å²) in [7, 11) is -4.49. The Morgan fingerprint density at radius 2 is 1.67 bits per heavy atom. The van der Waals surface area contributed by atoms with Gasteiger partial charge in [0.15, 0.2) is 0 Å². The van der Waals surface area contributed by atoms with Gasteiger partial charge in [0.05, 0.1) is 17.1 Å². The molecule has 3 heterocycles. The molecule has 218 valence electrons. The van der Waals surface area contributed by atoms with Gasteiger partial charge in [-0.3, -0.25) is 9.78 Å². The maximum atomic E-state index is 14.5. The van der Waals surface area contributed by atoms with E-state index in [2.05, 4.69) is 15.6 Å². The number of hydrogen-bond acceptors (Lipinski definition) is 6. The van der Waals surface area contributed by atoms with E-state index in [0.29, 0.717) is 27.9 Å². The van der Waals surface area contributed by atoms with Crippen LogP contribution in [-0.4, -0.2) is 47.1 Å². The van der Waals surface area contributed by atoms with Crippen molar-refractivity contribution in [2.75, 3.05) is 11.9 Å². The summed E-state index contributed by atoms with van der Waals surface area (Å²) >= 11 is 0. The zero-order valence-electron chi connectivity index (χ0n) is 22.6. The van der Waals surface area contributed by atoms with Crippen molar-refractivity contribution in [1.82, 2.24) is 19.6 Å². The van der Waals surface area contributed by atoms with E-state index in [0.717, 1.165) is 41.0 Å². The summed E-state index contributed by atoms with van der Waals surface area (Å²) in [5, 5.41) is 5.89. The van der Waals surface area contributed by atoms with Gasteiger partial charge in [0, 0.05) is 37.5 Å². The van der Waals surface area contributed by atoms with Gasteiger partial charge in [0.1, 0.15) is 17.7 Å². The average Bonchev–Trinajstić information content (AvgIpc) is 3.32. The van der Waals surface area contributed by atoms with E-state index >= 15 is 0 Å². The number of sulfonamides is 1. The van der Waals surface area contributed by atoms with E-state index in [1.165, 1.54) is 0 Å². The SMILES string of the molecule is Cc1ccc(-c2cc(CNC(=O)[C@@H]3CC(F)(F)CN3S(=O)(=O)c3ccc(F)cc3)cc(NCc3ccncc3)n2)cc1. The summed E-state index contributed by atoms with van der Waals surface area (Å²) in [4.78, 5) is 21.5. The zero-order valence-corrected chi connectivity index (χ0v) is 23.4. The number of alkyl halides is 2. The Bertz CT molecular complexity index is 1670. The zero-order chi connectivity index (χ0) is 29.9. The molecule has 1 aliphatic heterocycles. The molecule has 2 aromatic carbocycles. The van der Waals surface area contributed by atoms with E-state index < -0.39 is 46.7 Å². The van der Waals surface area contributed by atoms with Gasteiger partial charge in [-0.25, -0.2) is 26.6 Å². The number of anilines is 1. The first kappa shape index (κ1) is 29.2. The van der Waals surface area contributed by atoms with Gasteiger partial charge in [-0.05, 0) is 66.6 Å². The monoisotopic (exact) mass is 595 g/mol. The minimum atomic E-state index is -4.49. The van der Waals surface area contributed by atoms with Gasteiger partial charge in [-0.15, -0.1) is 0 Å². The molecule has 2 N–H and O–H groups in total. The van der Waals surface area contributed by atoms with Crippen molar-refractivity contribution in [2.45, 2.75) is 43.3 Å². The molecule has 1 atom stereocenters. The quantitative estimate of drug-likeness (QED) is 0.285. The highest BCUT2D eigenvalue weighted by molar-refractivity contribution is 7.89. The lowest BCUT2D eigenvalue weighted by Crippen LogP contribution is -2.45. The van der Waals surface area contributed by atoms with Crippen molar-refractivity contribution in [3.63, 3.8) is 0 Å². The molecule has 2 aromatic heterocycles. The van der Waals surface area contributed by atoms with E-state index in [1.54, 1.807) is 24.5 Å². The number of carbonyl (C=O) groups excluding carboxylic acids is 1. The van der Waals surface area contributed by atoms with Crippen molar-refractivity contribution in [3.05, 3.63) is 108 Å². The fourth-order valence-corrected chi connectivity index (χ4v) is 6.27. The molecular weight excluding hydrogens is 567 g/mol. The predicted octanol–water partition coefficient (Wildman–Crippen LogP) is 4.92. The van der Waals surface area contributed by atoms with E-state index in [-0.39, 0.29) is 11.4 Å².